The summed E-state index contributed by atoms with van der Waals surface area (Å²) in [6.07, 6.45) is 38.6. The molecule has 0 aromatic rings. The lowest BCUT2D eigenvalue weighted by Crippen LogP contribution is -2.64. The summed E-state index contributed by atoms with van der Waals surface area (Å²) in [5.41, 5.74) is 0. The van der Waals surface area contributed by atoms with Crippen LogP contribution in [0.25, 0.3) is 0 Å². The van der Waals surface area contributed by atoms with Crippen molar-refractivity contribution >= 4 is 19.8 Å². The molecule has 0 aromatic heterocycles. The number of aliphatic hydroxyl groups excluding tert-OH is 5. The molecule has 0 aromatic carbocycles. The second-order valence-electron chi connectivity index (χ2n) is 18.4. The molecule has 0 amide bonds. The highest BCUT2D eigenvalue weighted by Crippen LogP contribution is 2.47. The summed E-state index contributed by atoms with van der Waals surface area (Å²) >= 11 is 0. The Morgan fingerprint density at radius 1 is 0.463 bits per heavy atom. The van der Waals surface area contributed by atoms with E-state index >= 15 is 0 Å². The van der Waals surface area contributed by atoms with Gasteiger partial charge in [-0.2, -0.15) is 0 Å². The van der Waals surface area contributed by atoms with Crippen LogP contribution in [0, 0.1) is 0 Å². The minimum Gasteiger partial charge on any atom is -0.462 e. The predicted octanol–water partition coefficient (Wildman–Crippen LogP) is 11.5. The number of hydrogen-bond acceptors (Lipinski definition) is 12. The van der Waals surface area contributed by atoms with Crippen molar-refractivity contribution in [3.8, 4) is 0 Å². The van der Waals surface area contributed by atoms with Gasteiger partial charge in [0.25, 0.3) is 0 Å². The fourth-order valence-electron chi connectivity index (χ4n) is 7.88. The molecule has 390 valence electrons. The molecule has 6 unspecified atom stereocenters. The average molecular weight is 971 g/mol. The maximum atomic E-state index is 12.9. The number of ether oxygens (including phenoxy) is 2. The van der Waals surface area contributed by atoms with Gasteiger partial charge in [-0.1, -0.05) is 178 Å². The van der Waals surface area contributed by atoms with Crippen LogP contribution >= 0.6 is 7.82 Å². The average Bonchev–Trinajstić information content (AvgIpc) is 3.31. The van der Waals surface area contributed by atoms with E-state index in [9.17, 15) is 44.6 Å². The highest BCUT2D eigenvalue weighted by Gasteiger charge is 2.51. The molecular weight excluding hydrogens is 876 g/mol. The maximum absolute atomic E-state index is 12.9. The molecule has 13 nitrogen and oxygen atoms in total. The van der Waals surface area contributed by atoms with Gasteiger partial charge in [0.15, 0.2) is 6.10 Å². The molecule has 6 N–H and O–H groups in total. The van der Waals surface area contributed by atoms with Crippen molar-refractivity contribution in [3.05, 3.63) is 48.6 Å². The van der Waals surface area contributed by atoms with Gasteiger partial charge in [0.1, 0.15) is 43.2 Å². The van der Waals surface area contributed by atoms with E-state index < -0.39 is 75.7 Å². The van der Waals surface area contributed by atoms with E-state index in [1.54, 1.807) is 0 Å². The van der Waals surface area contributed by atoms with E-state index in [2.05, 4.69) is 62.5 Å². The Labute approximate surface area is 405 Å². The van der Waals surface area contributed by atoms with Crippen molar-refractivity contribution in [1.82, 2.24) is 0 Å². The SMILES string of the molecule is CCCCC/C=C\C/C=C\C/C=C\CCCCCCCCC(=O)OC(COC(=O)CCCCCCCCCCC/C=C\CCCCCCCC)COP(=O)(O)OC1C(O)C(O)C(O)C(O)C1O. The molecule has 67 heavy (non-hydrogen) atoms. The molecule has 0 heterocycles. The zero-order chi connectivity index (χ0) is 49.2. The number of esters is 2. The first-order chi connectivity index (χ1) is 32.4. The maximum Gasteiger partial charge on any atom is 0.472 e. The third-order valence-electron chi connectivity index (χ3n) is 12.1. The van der Waals surface area contributed by atoms with Crippen LogP contribution in [-0.2, 0) is 32.7 Å². The number of carbonyl (C=O) groups is 2. The first-order valence-electron chi connectivity index (χ1n) is 26.4. The number of phosphoric acid groups is 1. The van der Waals surface area contributed by atoms with Crippen molar-refractivity contribution < 1.29 is 63.1 Å². The van der Waals surface area contributed by atoms with Gasteiger partial charge in [0.2, 0.25) is 0 Å². The lowest BCUT2D eigenvalue weighted by atomic mass is 9.85. The number of rotatable bonds is 44. The van der Waals surface area contributed by atoms with Gasteiger partial charge in [0.05, 0.1) is 6.61 Å². The molecule has 0 radical (unpaired) electrons. The molecule has 1 saturated carbocycles. The first-order valence-corrected chi connectivity index (χ1v) is 27.9. The van der Waals surface area contributed by atoms with Crippen LogP contribution in [0.15, 0.2) is 48.6 Å². The number of aliphatic hydroxyl groups is 5. The van der Waals surface area contributed by atoms with Crippen LogP contribution in [0.2, 0.25) is 0 Å². The second kappa shape index (κ2) is 42.7. The Kier molecular flexibility index (Phi) is 40.0. The predicted molar refractivity (Wildman–Crippen MR) is 267 cm³/mol. The fraction of sp³-hybridized carbons (Fsp3) is 0.811. The van der Waals surface area contributed by atoms with E-state index in [0.717, 1.165) is 83.5 Å². The molecule has 0 bridgehead atoms. The third-order valence-corrected chi connectivity index (χ3v) is 13.1. The van der Waals surface area contributed by atoms with E-state index in [1.165, 1.54) is 96.3 Å². The van der Waals surface area contributed by atoms with Gasteiger partial charge in [-0.15, -0.1) is 0 Å². The number of phosphoric ester groups is 1. The van der Waals surface area contributed by atoms with Crippen molar-refractivity contribution in [2.24, 2.45) is 0 Å². The number of hydrogen-bond donors (Lipinski definition) is 6. The molecule has 1 rings (SSSR count). The van der Waals surface area contributed by atoms with Crippen LogP contribution in [0.4, 0.5) is 0 Å². The van der Waals surface area contributed by atoms with Crippen molar-refractivity contribution in [2.45, 2.75) is 262 Å². The lowest BCUT2D eigenvalue weighted by Gasteiger charge is -2.41. The van der Waals surface area contributed by atoms with Crippen LogP contribution in [0.5, 0.6) is 0 Å². The zero-order valence-electron chi connectivity index (χ0n) is 41.7. The van der Waals surface area contributed by atoms with Gasteiger partial charge in [0, 0.05) is 12.8 Å². The van der Waals surface area contributed by atoms with Gasteiger partial charge < -0.3 is 39.9 Å². The van der Waals surface area contributed by atoms with E-state index in [1.807, 2.05) is 0 Å². The summed E-state index contributed by atoms with van der Waals surface area (Å²) < 4.78 is 33.7. The van der Waals surface area contributed by atoms with Gasteiger partial charge in [-0.25, -0.2) is 4.57 Å². The minimum atomic E-state index is -5.13. The Morgan fingerprint density at radius 2 is 0.806 bits per heavy atom. The smallest absolute Gasteiger partial charge is 0.462 e. The highest BCUT2D eigenvalue weighted by molar-refractivity contribution is 7.47. The highest BCUT2D eigenvalue weighted by atomic mass is 31.2. The van der Waals surface area contributed by atoms with Crippen LogP contribution in [-0.4, -0.2) is 98.3 Å². The lowest BCUT2D eigenvalue weighted by molar-refractivity contribution is -0.220. The topological polar surface area (TPSA) is 210 Å². The van der Waals surface area contributed by atoms with E-state index in [4.69, 9.17) is 18.5 Å². The number of carbonyl (C=O) groups excluding carboxylic acids is 2. The molecular formula is C53H95O13P. The fourth-order valence-corrected chi connectivity index (χ4v) is 8.85. The molecule has 1 aliphatic carbocycles. The van der Waals surface area contributed by atoms with E-state index in [-0.39, 0.29) is 12.8 Å². The number of unbranched alkanes of at least 4 members (excludes halogenated alkanes) is 24. The minimum absolute atomic E-state index is 0.0812. The number of allylic oxidation sites excluding steroid dienone is 8. The summed E-state index contributed by atoms with van der Waals surface area (Å²) in [4.78, 5) is 35.9. The Morgan fingerprint density at radius 3 is 1.27 bits per heavy atom. The van der Waals surface area contributed by atoms with Crippen LogP contribution in [0.3, 0.4) is 0 Å². The van der Waals surface area contributed by atoms with Gasteiger partial charge >= 0.3 is 19.8 Å². The molecule has 0 spiro atoms. The Hall–Kier alpha value is -2.19. The first kappa shape index (κ1) is 62.8. The Balaban J connectivity index is 2.40. The molecule has 0 saturated heterocycles. The van der Waals surface area contributed by atoms with Crippen molar-refractivity contribution in [1.29, 1.82) is 0 Å². The monoisotopic (exact) mass is 971 g/mol. The summed E-state index contributed by atoms with van der Waals surface area (Å²) in [7, 11) is -5.13. The normalized spacial score (nSPS) is 21.5. The summed E-state index contributed by atoms with van der Waals surface area (Å²) in [6, 6.07) is 0. The standard InChI is InChI=1S/C53H95O13P/c1-3-5-7-9-11-13-15-17-19-21-23-25-27-29-31-33-35-37-39-41-46(54)63-43-45(44-64-67(61,62)66-53-51(59)49(57)48(56)50(58)52(53)60)65-47(55)42-40-38-36-34-32-30-28-26-24-22-20-18-16-14-12-10-8-6-4-2/h12,14,17-20,24,26,45,48-53,56-60H,3-11,13,15-16,21-23,25,27-44H2,1-2H3,(H,61,62)/b14-12-,19-17-,20-18-,26-24-. The quantitative estimate of drug-likeness (QED) is 0.0145. The van der Waals surface area contributed by atoms with Crippen molar-refractivity contribution in [2.75, 3.05) is 13.2 Å². The van der Waals surface area contributed by atoms with Crippen molar-refractivity contribution in [3.63, 3.8) is 0 Å². The summed E-state index contributed by atoms with van der Waals surface area (Å²) in [5.74, 6) is -1.11. The Bertz CT molecular complexity index is 1350. The second-order valence-corrected chi connectivity index (χ2v) is 19.8. The molecule has 6 atom stereocenters. The summed E-state index contributed by atoms with van der Waals surface area (Å²) in [5, 5.41) is 50.3. The van der Waals surface area contributed by atoms with Crippen LogP contribution < -0.4 is 0 Å². The largest absolute Gasteiger partial charge is 0.472 e. The molecule has 1 fully saturated rings. The summed E-state index contributed by atoms with van der Waals surface area (Å²) in [6.45, 7) is 3.28. The van der Waals surface area contributed by atoms with Gasteiger partial charge in [-0.05, 0) is 77.0 Å². The van der Waals surface area contributed by atoms with Crippen LogP contribution in [0.1, 0.15) is 219 Å². The molecule has 1 aliphatic rings. The van der Waals surface area contributed by atoms with Gasteiger partial charge in [-0.3, -0.25) is 18.6 Å². The molecule has 14 heteroatoms. The van der Waals surface area contributed by atoms with E-state index in [0.29, 0.717) is 12.8 Å². The molecule has 0 aliphatic heterocycles. The zero-order valence-corrected chi connectivity index (χ0v) is 42.6. The third kappa shape index (κ3) is 34.7.